The van der Waals surface area contributed by atoms with Gasteiger partial charge in [0.05, 0.1) is 0 Å². The number of anilines is 1. The van der Waals surface area contributed by atoms with Crippen LogP contribution in [0, 0.1) is 5.92 Å². The minimum Gasteiger partial charge on any atom is -0.339 e. The molecule has 0 aromatic heterocycles. The third-order valence-electron chi connectivity index (χ3n) is 6.04. The number of carbonyl (C=O) groups excluding carboxylic acids is 2. The molecule has 1 saturated heterocycles. The van der Waals surface area contributed by atoms with Crippen molar-refractivity contribution in [1.82, 2.24) is 10.2 Å². The number of nitrogens with one attached hydrogen (secondary N) is 2. The number of amides is 2. The van der Waals surface area contributed by atoms with Gasteiger partial charge in [0.25, 0.3) is 5.91 Å². The molecule has 1 heterocycles. The van der Waals surface area contributed by atoms with E-state index in [1.807, 2.05) is 29.2 Å². The molecular weight excluding hydrogens is 382 g/mol. The van der Waals surface area contributed by atoms with E-state index >= 15 is 0 Å². The molecule has 5 nitrogen and oxygen atoms in total. The van der Waals surface area contributed by atoms with Gasteiger partial charge in [-0.2, -0.15) is 0 Å². The predicted octanol–water partition coefficient (Wildman–Crippen LogP) is 4.88. The molecule has 0 atom stereocenters. The third-order valence-corrected chi connectivity index (χ3v) is 6.24. The maximum atomic E-state index is 12.7. The summed E-state index contributed by atoms with van der Waals surface area (Å²) in [6.07, 6.45) is 12.5. The molecule has 2 N–H and O–H groups in total. The van der Waals surface area contributed by atoms with Crippen molar-refractivity contribution < 1.29 is 9.59 Å². The molecule has 1 aromatic rings. The Morgan fingerprint density at radius 2 is 1.55 bits per heavy atom. The average molecular weight is 416 g/mol. The standard InChI is InChI=1S/C23H33N3O2S/c27-21(15-10-18-8-4-3-5-9-18)25-23(29)24-20-13-11-19(12-14-20)22(28)26-16-6-1-2-7-17-26/h11-14,18H,1-10,15-17H2,(H2,24,25,27,29). The van der Waals surface area contributed by atoms with Gasteiger partial charge in [0.2, 0.25) is 5.91 Å². The highest BCUT2D eigenvalue weighted by atomic mass is 32.1. The highest BCUT2D eigenvalue weighted by molar-refractivity contribution is 7.80. The lowest BCUT2D eigenvalue weighted by molar-refractivity contribution is -0.120. The fourth-order valence-corrected chi connectivity index (χ4v) is 4.55. The van der Waals surface area contributed by atoms with Gasteiger partial charge in [0.15, 0.2) is 5.11 Å². The Kier molecular flexibility index (Phi) is 8.47. The normalized spacial score (nSPS) is 18.0. The van der Waals surface area contributed by atoms with Crippen LogP contribution in [0.15, 0.2) is 24.3 Å². The van der Waals surface area contributed by atoms with Crippen LogP contribution in [0.5, 0.6) is 0 Å². The number of benzene rings is 1. The molecular formula is C23H33N3O2S. The zero-order valence-corrected chi connectivity index (χ0v) is 18.1. The minimum absolute atomic E-state index is 0.0268. The Balaban J connectivity index is 1.43. The van der Waals surface area contributed by atoms with Gasteiger partial charge in [-0.3, -0.25) is 9.59 Å². The first-order valence-corrected chi connectivity index (χ1v) is 11.5. The monoisotopic (exact) mass is 415 g/mol. The van der Waals surface area contributed by atoms with Crippen LogP contribution in [0.2, 0.25) is 0 Å². The van der Waals surface area contributed by atoms with Crippen LogP contribution in [0.1, 0.15) is 81.0 Å². The van der Waals surface area contributed by atoms with Crippen molar-refractivity contribution in [2.75, 3.05) is 18.4 Å². The lowest BCUT2D eigenvalue weighted by Crippen LogP contribution is -2.34. The maximum Gasteiger partial charge on any atom is 0.253 e. The predicted molar refractivity (Wildman–Crippen MR) is 121 cm³/mol. The van der Waals surface area contributed by atoms with E-state index < -0.39 is 0 Å². The van der Waals surface area contributed by atoms with Gasteiger partial charge in [-0.05, 0) is 61.7 Å². The molecule has 1 aromatic carbocycles. The van der Waals surface area contributed by atoms with Crippen LogP contribution in [-0.4, -0.2) is 34.9 Å². The molecule has 1 aliphatic carbocycles. The number of thiocarbonyl (C=S) groups is 1. The molecule has 0 spiro atoms. The largest absolute Gasteiger partial charge is 0.339 e. The van der Waals surface area contributed by atoms with Crippen LogP contribution in [0.4, 0.5) is 5.69 Å². The highest BCUT2D eigenvalue weighted by Crippen LogP contribution is 2.27. The lowest BCUT2D eigenvalue weighted by atomic mass is 9.86. The van der Waals surface area contributed by atoms with Crippen molar-refractivity contribution in [1.29, 1.82) is 0 Å². The molecule has 0 unspecified atom stereocenters. The second kappa shape index (κ2) is 11.3. The molecule has 2 amide bonds. The van der Waals surface area contributed by atoms with Gasteiger partial charge in [-0.15, -0.1) is 0 Å². The molecule has 1 saturated carbocycles. The van der Waals surface area contributed by atoms with E-state index in [1.165, 1.54) is 44.9 Å². The number of nitrogens with zero attached hydrogens (tertiary/aromatic N) is 1. The van der Waals surface area contributed by atoms with Gasteiger partial charge in [0.1, 0.15) is 0 Å². The van der Waals surface area contributed by atoms with Gasteiger partial charge >= 0.3 is 0 Å². The number of rotatable bonds is 5. The van der Waals surface area contributed by atoms with Crippen molar-refractivity contribution in [2.24, 2.45) is 5.92 Å². The summed E-state index contributed by atoms with van der Waals surface area (Å²) < 4.78 is 0. The summed E-state index contributed by atoms with van der Waals surface area (Å²) in [6, 6.07) is 7.32. The Bertz CT molecular complexity index is 691. The third kappa shape index (κ3) is 7.11. The summed E-state index contributed by atoms with van der Waals surface area (Å²) >= 11 is 5.27. The topological polar surface area (TPSA) is 61.4 Å². The van der Waals surface area contributed by atoms with Crippen molar-refractivity contribution in [3.05, 3.63) is 29.8 Å². The summed E-state index contributed by atoms with van der Waals surface area (Å²) in [5.41, 5.74) is 1.47. The van der Waals surface area contributed by atoms with E-state index in [0.717, 1.165) is 38.0 Å². The summed E-state index contributed by atoms with van der Waals surface area (Å²) in [5.74, 6) is 0.753. The van der Waals surface area contributed by atoms with E-state index in [1.54, 1.807) is 0 Å². The Hall–Kier alpha value is -1.95. The molecule has 0 radical (unpaired) electrons. The van der Waals surface area contributed by atoms with Crippen LogP contribution in [0.25, 0.3) is 0 Å². The molecule has 6 heteroatoms. The quantitative estimate of drug-likeness (QED) is 0.673. The summed E-state index contributed by atoms with van der Waals surface area (Å²) in [4.78, 5) is 26.8. The highest BCUT2D eigenvalue weighted by Gasteiger charge is 2.17. The first-order chi connectivity index (χ1) is 14.1. The van der Waals surface area contributed by atoms with Gasteiger partial charge in [-0.1, -0.05) is 44.9 Å². The zero-order chi connectivity index (χ0) is 20.5. The van der Waals surface area contributed by atoms with E-state index in [2.05, 4.69) is 10.6 Å². The molecule has 29 heavy (non-hydrogen) atoms. The number of hydrogen-bond donors (Lipinski definition) is 2. The second-order valence-corrected chi connectivity index (χ2v) is 8.74. The summed E-state index contributed by atoms with van der Waals surface area (Å²) in [7, 11) is 0. The van der Waals surface area contributed by atoms with Gasteiger partial charge in [0, 0.05) is 30.8 Å². The average Bonchev–Trinajstić information content (AvgIpc) is 3.02. The van der Waals surface area contributed by atoms with Crippen molar-refractivity contribution >= 4 is 34.8 Å². The van der Waals surface area contributed by atoms with E-state index in [9.17, 15) is 9.59 Å². The Labute approximate surface area is 179 Å². The summed E-state index contributed by atoms with van der Waals surface area (Å²) in [5, 5.41) is 6.12. The Morgan fingerprint density at radius 1 is 0.931 bits per heavy atom. The molecule has 0 bridgehead atoms. The maximum absolute atomic E-state index is 12.7. The fourth-order valence-electron chi connectivity index (χ4n) is 4.31. The smallest absolute Gasteiger partial charge is 0.253 e. The molecule has 1 aliphatic heterocycles. The number of hydrogen-bond acceptors (Lipinski definition) is 3. The molecule has 2 fully saturated rings. The van der Waals surface area contributed by atoms with Crippen LogP contribution >= 0.6 is 12.2 Å². The van der Waals surface area contributed by atoms with E-state index in [0.29, 0.717) is 23.0 Å². The number of carbonyl (C=O) groups is 2. The summed E-state index contributed by atoms with van der Waals surface area (Å²) in [6.45, 7) is 1.69. The van der Waals surface area contributed by atoms with E-state index in [-0.39, 0.29) is 11.8 Å². The van der Waals surface area contributed by atoms with Gasteiger partial charge < -0.3 is 15.5 Å². The molecule has 158 valence electrons. The zero-order valence-electron chi connectivity index (χ0n) is 17.3. The lowest BCUT2D eigenvalue weighted by Gasteiger charge is -2.21. The van der Waals surface area contributed by atoms with Crippen molar-refractivity contribution in [3.8, 4) is 0 Å². The van der Waals surface area contributed by atoms with Crippen LogP contribution < -0.4 is 10.6 Å². The van der Waals surface area contributed by atoms with Crippen molar-refractivity contribution in [2.45, 2.75) is 70.6 Å². The SMILES string of the molecule is O=C(CCC1CCCCC1)NC(=S)Nc1ccc(C(=O)N2CCCCCC2)cc1. The second-order valence-electron chi connectivity index (χ2n) is 8.33. The van der Waals surface area contributed by atoms with Crippen molar-refractivity contribution in [3.63, 3.8) is 0 Å². The number of likely N-dealkylation sites (tertiary alicyclic amines) is 1. The van der Waals surface area contributed by atoms with Gasteiger partial charge in [-0.25, -0.2) is 0 Å². The van der Waals surface area contributed by atoms with E-state index in [4.69, 9.17) is 12.2 Å². The molecule has 2 aliphatic rings. The molecule has 3 rings (SSSR count). The van der Waals surface area contributed by atoms with Crippen LogP contribution in [-0.2, 0) is 4.79 Å². The first-order valence-electron chi connectivity index (χ1n) is 11.1. The van der Waals surface area contributed by atoms with Crippen LogP contribution in [0.3, 0.4) is 0 Å². The first kappa shape index (κ1) is 21.8. The fraction of sp³-hybridized carbons (Fsp3) is 0.609. The Morgan fingerprint density at radius 3 is 2.21 bits per heavy atom. The minimum atomic E-state index is -0.0268.